The van der Waals surface area contributed by atoms with E-state index in [-0.39, 0.29) is 4.47 Å². The molecule has 1 aromatic rings. The van der Waals surface area contributed by atoms with Gasteiger partial charge in [0.2, 0.25) is 0 Å². The summed E-state index contributed by atoms with van der Waals surface area (Å²) in [4.78, 5) is 10.7. The zero-order valence-corrected chi connectivity index (χ0v) is 7.78. The molecule has 0 spiro atoms. The zero-order chi connectivity index (χ0) is 9.30. The average Bonchev–Trinajstić information content (AvgIpc) is 1.82. The van der Waals surface area contributed by atoms with Crippen LogP contribution in [-0.4, -0.2) is 13.5 Å². The molecule has 5 heteroatoms. The SMILES string of the molecule is BC(=O)c1c(F)cc(Br)cc1F. The molecule has 0 amide bonds. The number of carbonyl (C=O) groups is 1. The van der Waals surface area contributed by atoms with Crippen molar-refractivity contribution >= 4 is 29.5 Å². The van der Waals surface area contributed by atoms with Gasteiger partial charge in [-0.25, -0.2) is 8.78 Å². The molecule has 0 atom stereocenters. The first-order valence-corrected chi connectivity index (χ1v) is 3.97. The fourth-order valence-electron chi connectivity index (χ4n) is 0.879. The summed E-state index contributed by atoms with van der Waals surface area (Å²) in [7, 11) is 1.12. The van der Waals surface area contributed by atoms with Gasteiger partial charge in [0.05, 0.1) is 5.56 Å². The van der Waals surface area contributed by atoms with Gasteiger partial charge in [-0.15, -0.1) is 0 Å². The Hall–Kier alpha value is -0.705. The summed E-state index contributed by atoms with van der Waals surface area (Å²) in [5, 5.41) is 0. The molecule has 0 bridgehead atoms. The Kier molecular flexibility index (Phi) is 2.62. The van der Waals surface area contributed by atoms with Crippen molar-refractivity contribution in [3.8, 4) is 0 Å². The molecule has 0 aliphatic heterocycles. The third-order valence-corrected chi connectivity index (χ3v) is 1.82. The maximum Gasteiger partial charge on any atom is 0.193 e. The lowest BCUT2D eigenvalue weighted by Crippen LogP contribution is -2.04. The first-order chi connectivity index (χ1) is 5.52. The van der Waals surface area contributed by atoms with E-state index in [1.165, 1.54) is 0 Å². The van der Waals surface area contributed by atoms with Crippen molar-refractivity contribution in [2.75, 3.05) is 0 Å². The number of carbonyl (C=O) groups excluding carboxylic acids is 1. The molecule has 0 aliphatic carbocycles. The minimum atomic E-state index is -0.839. The molecule has 0 saturated heterocycles. The van der Waals surface area contributed by atoms with Gasteiger partial charge in [0.1, 0.15) is 17.3 Å². The van der Waals surface area contributed by atoms with Crippen molar-refractivity contribution in [3.63, 3.8) is 0 Å². The van der Waals surface area contributed by atoms with E-state index >= 15 is 0 Å². The van der Waals surface area contributed by atoms with Gasteiger partial charge in [-0.2, -0.15) is 0 Å². The maximum atomic E-state index is 12.9. The van der Waals surface area contributed by atoms with Crippen molar-refractivity contribution in [1.82, 2.24) is 0 Å². The lowest BCUT2D eigenvalue weighted by Gasteiger charge is -2.00. The van der Waals surface area contributed by atoms with Crippen molar-refractivity contribution < 1.29 is 13.6 Å². The summed E-state index contributed by atoms with van der Waals surface area (Å²) >= 11 is 2.90. The molecule has 1 rings (SSSR count). The minimum Gasteiger partial charge on any atom is -0.306 e. The van der Waals surface area contributed by atoms with Crippen LogP contribution in [0.1, 0.15) is 10.4 Å². The molecule has 12 heavy (non-hydrogen) atoms. The normalized spacial score (nSPS) is 9.92. The monoisotopic (exact) mass is 232 g/mol. The van der Waals surface area contributed by atoms with Gasteiger partial charge >= 0.3 is 0 Å². The minimum absolute atomic E-state index is 0.280. The predicted octanol–water partition coefficient (Wildman–Crippen LogP) is 1.50. The van der Waals surface area contributed by atoms with E-state index in [1.54, 1.807) is 0 Å². The number of halogens is 3. The quantitative estimate of drug-likeness (QED) is 0.671. The maximum absolute atomic E-state index is 12.9. The highest BCUT2D eigenvalue weighted by Crippen LogP contribution is 2.18. The first kappa shape index (κ1) is 9.38. The second-order valence-corrected chi connectivity index (χ2v) is 3.22. The predicted molar refractivity (Wildman–Crippen MR) is 46.9 cm³/mol. The van der Waals surface area contributed by atoms with Crippen molar-refractivity contribution in [3.05, 3.63) is 33.8 Å². The summed E-state index contributed by atoms with van der Waals surface area (Å²) < 4.78 is 26.0. The molecule has 1 aromatic carbocycles. The molecule has 0 radical (unpaired) electrons. The molecule has 0 saturated carbocycles. The van der Waals surface area contributed by atoms with Gasteiger partial charge < -0.3 is 4.79 Å². The molecule has 0 unspecified atom stereocenters. The van der Waals surface area contributed by atoms with Crippen molar-refractivity contribution in [1.29, 1.82) is 0 Å². The van der Waals surface area contributed by atoms with E-state index in [2.05, 4.69) is 15.9 Å². The third kappa shape index (κ3) is 1.72. The van der Waals surface area contributed by atoms with Crippen LogP contribution < -0.4 is 0 Å². The molecule has 0 fully saturated rings. The lowest BCUT2D eigenvalue weighted by atomic mass is 9.94. The van der Waals surface area contributed by atoms with Gasteiger partial charge in [-0.1, -0.05) is 15.9 Å². The molecular formula is C7H4BBrF2O. The fourth-order valence-corrected chi connectivity index (χ4v) is 1.28. The van der Waals surface area contributed by atoms with Crippen LogP contribution in [0.3, 0.4) is 0 Å². The Morgan fingerprint density at radius 3 is 2.08 bits per heavy atom. The van der Waals surface area contributed by atoms with Crippen molar-refractivity contribution in [2.24, 2.45) is 0 Å². The molecular weight excluding hydrogens is 229 g/mol. The van der Waals surface area contributed by atoms with Crippen molar-refractivity contribution in [2.45, 2.75) is 0 Å². The molecule has 0 aromatic heterocycles. The van der Waals surface area contributed by atoms with Crippen LogP contribution in [0.4, 0.5) is 8.78 Å². The zero-order valence-electron chi connectivity index (χ0n) is 6.20. The second kappa shape index (κ2) is 3.35. The Labute approximate surface area is 77.3 Å². The van der Waals surface area contributed by atoms with E-state index in [0.717, 1.165) is 20.0 Å². The van der Waals surface area contributed by atoms with E-state index in [1.807, 2.05) is 0 Å². The van der Waals surface area contributed by atoms with Crippen LogP contribution in [0.15, 0.2) is 16.6 Å². The van der Waals surface area contributed by atoms with Crippen LogP contribution in [0.5, 0.6) is 0 Å². The Morgan fingerprint density at radius 1 is 1.33 bits per heavy atom. The Balaban J connectivity index is 3.38. The Bertz CT molecular complexity index is 317. The molecule has 0 heterocycles. The summed E-state index contributed by atoms with van der Waals surface area (Å²) in [6, 6.07) is 2.11. The molecule has 62 valence electrons. The largest absolute Gasteiger partial charge is 0.306 e. The summed E-state index contributed by atoms with van der Waals surface area (Å²) in [5.41, 5.74) is -1.10. The highest BCUT2D eigenvalue weighted by atomic mass is 79.9. The van der Waals surface area contributed by atoms with Crippen LogP contribution in [0.25, 0.3) is 0 Å². The van der Waals surface area contributed by atoms with Gasteiger partial charge in [-0.3, -0.25) is 0 Å². The van der Waals surface area contributed by atoms with Gasteiger partial charge in [0, 0.05) is 4.47 Å². The molecule has 0 aliphatic rings. The highest BCUT2D eigenvalue weighted by molar-refractivity contribution is 9.10. The summed E-state index contributed by atoms with van der Waals surface area (Å²) in [5.74, 6) is -1.68. The Morgan fingerprint density at radius 2 is 1.75 bits per heavy atom. The highest BCUT2D eigenvalue weighted by Gasteiger charge is 2.13. The van der Waals surface area contributed by atoms with Crippen LogP contribution >= 0.6 is 15.9 Å². The molecule has 0 N–H and O–H groups in total. The smallest absolute Gasteiger partial charge is 0.193 e. The van der Waals surface area contributed by atoms with Gasteiger partial charge in [0.25, 0.3) is 0 Å². The third-order valence-electron chi connectivity index (χ3n) is 1.36. The second-order valence-electron chi connectivity index (χ2n) is 2.30. The van der Waals surface area contributed by atoms with E-state index in [0.29, 0.717) is 0 Å². The lowest BCUT2D eigenvalue weighted by molar-refractivity contribution is 0.107. The van der Waals surface area contributed by atoms with Gasteiger partial charge in [-0.05, 0) is 12.1 Å². The summed E-state index contributed by atoms with van der Waals surface area (Å²) in [6.07, 6.45) is 0. The van der Waals surface area contributed by atoms with Crippen LogP contribution in [0.2, 0.25) is 0 Å². The van der Waals surface area contributed by atoms with E-state index in [9.17, 15) is 13.6 Å². The van der Waals surface area contributed by atoms with E-state index in [4.69, 9.17) is 0 Å². The standard InChI is InChI=1S/C7H4BBrF2O/c8-7(12)6-4(10)1-3(9)2-5(6)11/h1-2H,8H2. The first-order valence-electron chi connectivity index (χ1n) is 3.18. The van der Waals surface area contributed by atoms with E-state index < -0.39 is 22.9 Å². The summed E-state index contributed by atoms with van der Waals surface area (Å²) in [6.45, 7) is 0. The fraction of sp³-hybridized carbons (Fsp3) is 0. The van der Waals surface area contributed by atoms with Gasteiger partial charge in [0.15, 0.2) is 7.85 Å². The number of hydrogen-bond donors (Lipinski definition) is 0. The van der Waals surface area contributed by atoms with Crippen LogP contribution in [-0.2, 0) is 0 Å². The number of benzene rings is 1. The van der Waals surface area contributed by atoms with Crippen LogP contribution in [0, 0.1) is 11.6 Å². The topological polar surface area (TPSA) is 17.1 Å². The number of rotatable bonds is 1. The average molecular weight is 233 g/mol. The molecule has 1 nitrogen and oxygen atoms in total. The number of hydrogen-bond acceptors (Lipinski definition) is 1.